The fourth-order valence-corrected chi connectivity index (χ4v) is 3.38. The van der Waals surface area contributed by atoms with Crippen LogP contribution >= 0.6 is 0 Å². The fourth-order valence-electron chi connectivity index (χ4n) is 3.38. The molecule has 2 saturated carbocycles. The number of esters is 2. The van der Waals surface area contributed by atoms with Gasteiger partial charge in [-0.1, -0.05) is 0 Å². The highest BCUT2D eigenvalue weighted by molar-refractivity contribution is 5.87. The molecule has 0 bridgehead atoms. The minimum atomic E-state index is -1.37. The summed E-state index contributed by atoms with van der Waals surface area (Å²) in [5, 5.41) is 0. The van der Waals surface area contributed by atoms with Crippen LogP contribution in [0.4, 0.5) is 9.59 Å². The van der Waals surface area contributed by atoms with E-state index in [1.54, 1.807) is 13.8 Å². The van der Waals surface area contributed by atoms with E-state index >= 15 is 0 Å². The Morgan fingerprint density at radius 2 is 1.44 bits per heavy atom. The van der Waals surface area contributed by atoms with Crippen LogP contribution in [0.15, 0.2) is 0 Å². The summed E-state index contributed by atoms with van der Waals surface area (Å²) >= 11 is 0. The first kappa shape index (κ1) is 20.7. The SMILES string of the molecule is CCOC(=O)OCOC(=O)[C@H]1[C@@H]2CC[C@@](N)(C(=O)OCOC(=O)OCC)[C@@H]21. The van der Waals surface area contributed by atoms with Crippen LogP contribution < -0.4 is 5.73 Å². The standard InChI is InChI=1S/C16H23NO10/c1-3-22-14(20)26-7-24-12(18)10-9-5-6-16(17,11(9)10)13(19)25-8-27-15(21)23-4-2/h9-11H,3-8,17H2,1-2H3/t9-,10-,11-,16-/m0/s1. The van der Waals surface area contributed by atoms with Gasteiger partial charge < -0.3 is 34.2 Å². The molecule has 0 aromatic carbocycles. The Bertz CT molecular complexity index is 594. The zero-order chi connectivity index (χ0) is 20.0. The molecule has 2 aliphatic carbocycles. The fraction of sp³-hybridized carbons (Fsp3) is 0.750. The van der Waals surface area contributed by atoms with Crippen LogP contribution in [0, 0.1) is 17.8 Å². The first-order valence-electron chi connectivity index (χ1n) is 8.57. The van der Waals surface area contributed by atoms with E-state index in [4.69, 9.17) is 15.2 Å². The van der Waals surface area contributed by atoms with E-state index in [-0.39, 0.29) is 19.1 Å². The highest BCUT2D eigenvalue weighted by atomic mass is 16.8. The van der Waals surface area contributed by atoms with Crippen LogP contribution in [0.1, 0.15) is 26.7 Å². The minimum Gasteiger partial charge on any atom is -0.435 e. The summed E-state index contributed by atoms with van der Waals surface area (Å²) in [6.07, 6.45) is -1.02. The van der Waals surface area contributed by atoms with Crippen LogP contribution in [0.3, 0.4) is 0 Å². The summed E-state index contributed by atoms with van der Waals surface area (Å²) in [7, 11) is 0. The summed E-state index contributed by atoms with van der Waals surface area (Å²) in [6, 6.07) is 0. The van der Waals surface area contributed by atoms with E-state index in [9.17, 15) is 19.2 Å². The van der Waals surface area contributed by atoms with Gasteiger partial charge >= 0.3 is 24.2 Å². The van der Waals surface area contributed by atoms with Crippen LogP contribution in [0.2, 0.25) is 0 Å². The zero-order valence-corrected chi connectivity index (χ0v) is 15.1. The molecule has 0 unspecified atom stereocenters. The number of carbonyl (C=O) groups excluding carboxylic acids is 4. The third-order valence-electron chi connectivity index (χ3n) is 4.58. The molecule has 152 valence electrons. The molecule has 2 aliphatic rings. The van der Waals surface area contributed by atoms with E-state index in [0.717, 1.165) is 0 Å². The smallest absolute Gasteiger partial charge is 0.435 e. The molecule has 27 heavy (non-hydrogen) atoms. The molecule has 0 aliphatic heterocycles. The largest absolute Gasteiger partial charge is 0.511 e. The molecule has 0 heterocycles. The molecule has 11 heteroatoms. The molecular weight excluding hydrogens is 366 g/mol. The van der Waals surface area contributed by atoms with Crippen LogP contribution in [0.25, 0.3) is 0 Å². The summed E-state index contributed by atoms with van der Waals surface area (Å²) in [6.45, 7) is 2.26. The molecule has 2 fully saturated rings. The van der Waals surface area contributed by atoms with Crippen molar-refractivity contribution in [2.45, 2.75) is 32.2 Å². The highest BCUT2D eigenvalue weighted by Gasteiger charge is 2.70. The molecule has 0 aromatic heterocycles. The van der Waals surface area contributed by atoms with Crippen LogP contribution in [-0.4, -0.2) is 56.6 Å². The lowest BCUT2D eigenvalue weighted by molar-refractivity contribution is -0.161. The summed E-state index contributed by atoms with van der Waals surface area (Å²) in [5.41, 5.74) is 4.78. The van der Waals surface area contributed by atoms with Gasteiger partial charge in [0.05, 0.1) is 19.1 Å². The molecular formula is C16H23NO10. The van der Waals surface area contributed by atoms with Crippen molar-refractivity contribution in [1.82, 2.24) is 0 Å². The van der Waals surface area contributed by atoms with Crippen LogP contribution in [0.5, 0.6) is 0 Å². The molecule has 0 aromatic rings. The Balaban J connectivity index is 1.78. The molecule has 0 amide bonds. The molecule has 4 atom stereocenters. The monoisotopic (exact) mass is 389 g/mol. The Labute approximate surface area is 155 Å². The lowest BCUT2D eigenvalue weighted by atomic mass is 9.91. The number of fused-ring (bicyclic) bond motifs is 1. The van der Waals surface area contributed by atoms with Crippen molar-refractivity contribution in [3.63, 3.8) is 0 Å². The van der Waals surface area contributed by atoms with Crippen LogP contribution in [-0.2, 0) is 38.0 Å². The normalized spacial score (nSPS) is 27.7. The molecule has 0 saturated heterocycles. The van der Waals surface area contributed by atoms with E-state index in [1.165, 1.54) is 0 Å². The van der Waals surface area contributed by atoms with E-state index in [0.29, 0.717) is 12.8 Å². The maximum atomic E-state index is 12.3. The van der Waals surface area contributed by atoms with Gasteiger partial charge in [-0.3, -0.25) is 4.79 Å². The number of rotatable bonds is 8. The first-order chi connectivity index (χ1) is 12.8. The van der Waals surface area contributed by atoms with Crippen molar-refractivity contribution in [1.29, 1.82) is 0 Å². The molecule has 2 rings (SSSR count). The Hall–Kier alpha value is -2.56. The predicted octanol–water partition coefficient (Wildman–Crippen LogP) is 0.687. The lowest BCUT2D eigenvalue weighted by Gasteiger charge is -2.24. The lowest BCUT2D eigenvalue weighted by Crippen LogP contribution is -2.51. The van der Waals surface area contributed by atoms with Gasteiger partial charge in [0.2, 0.25) is 13.6 Å². The Morgan fingerprint density at radius 1 is 0.889 bits per heavy atom. The second-order valence-corrected chi connectivity index (χ2v) is 6.08. The average molecular weight is 389 g/mol. The van der Waals surface area contributed by atoms with Gasteiger partial charge in [-0.05, 0) is 32.6 Å². The second-order valence-electron chi connectivity index (χ2n) is 6.08. The van der Waals surface area contributed by atoms with Gasteiger partial charge in [0.15, 0.2) is 0 Å². The maximum Gasteiger partial charge on any atom is 0.511 e. The Kier molecular flexibility index (Phi) is 6.83. The van der Waals surface area contributed by atoms with E-state index in [1.807, 2.05) is 0 Å². The molecule has 0 spiro atoms. The van der Waals surface area contributed by atoms with Crippen molar-refractivity contribution < 1.29 is 47.6 Å². The topological polar surface area (TPSA) is 150 Å². The van der Waals surface area contributed by atoms with E-state index < -0.39 is 55.2 Å². The van der Waals surface area contributed by atoms with Crippen molar-refractivity contribution in [3.8, 4) is 0 Å². The van der Waals surface area contributed by atoms with Gasteiger partial charge in [0, 0.05) is 5.92 Å². The highest BCUT2D eigenvalue weighted by Crippen LogP contribution is 2.62. The quantitative estimate of drug-likeness (QED) is 0.355. The van der Waals surface area contributed by atoms with Crippen molar-refractivity contribution in [2.75, 3.05) is 26.8 Å². The molecule has 0 radical (unpaired) electrons. The van der Waals surface area contributed by atoms with Gasteiger partial charge in [0.1, 0.15) is 5.54 Å². The predicted molar refractivity (Wildman–Crippen MR) is 84.8 cm³/mol. The van der Waals surface area contributed by atoms with Gasteiger partial charge in [-0.15, -0.1) is 0 Å². The number of hydrogen-bond donors (Lipinski definition) is 1. The number of carbonyl (C=O) groups is 4. The Morgan fingerprint density at radius 3 is 2.00 bits per heavy atom. The van der Waals surface area contributed by atoms with E-state index in [2.05, 4.69) is 18.9 Å². The third-order valence-corrected chi connectivity index (χ3v) is 4.58. The van der Waals surface area contributed by atoms with Crippen molar-refractivity contribution in [3.05, 3.63) is 0 Å². The summed E-state index contributed by atoms with van der Waals surface area (Å²) < 4.78 is 27.9. The van der Waals surface area contributed by atoms with Gasteiger partial charge in [-0.2, -0.15) is 0 Å². The molecule has 2 N–H and O–H groups in total. The zero-order valence-electron chi connectivity index (χ0n) is 15.1. The van der Waals surface area contributed by atoms with Crippen molar-refractivity contribution in [2.24, 2.45) is 23.5 Å². The number of hydrogen-bond acceptors (Lipinski definition) is 11. The third kappa shape index (κ3) is 4.79. The average Bonchev–Trinajstić information content (AvgIpc) is 3.25. The second kappa shape index (κ2) is 8.89. The molecule has 11 nitrogen and oxygen atoms in total. The summed E-state index contributed by atoms with van der Waals surface area (Å²) in [4.78, 5) is 46.4. The van der Waals surface area contributed by atoms with Gasteiger partial charge in [0.25, 0.3) is 0 Å². The first-order valence-corrected chi connectivity index (χ1v) is 8.57. The number of ether oxygens (including phenoxy) is 6. The van der Waals surface area contributed by atoms with Crippen molar-refractivity contribution >= 4 is 24.2 Å². The number of nitrogens with two attached hydrogens (primary N) is 1. The minimum absolute atomic E-state index is 0.108. The van der Waals surface area contributed by atoms with Gasteiger partial charge in [-0.25, -0.2) is 14.4 Å². The summed E-state index contributed by atoms with van der Waals surface area (Å²) in [5.74, 6) is -2.50. The maximum absolute atomic E-state index is 12.3.